The summed E-state index contributed by atoms with van der Waals surface area (Å²) in [6.07, 6.45) is 2.80. The van der Waals surface area contributed by atoms with Gasteiger partial charge in [0.05, 0.1) is 6.42 Å². The molecule has 0 aliphatic carbocycles. The van der Waals surface area contributed by atoms with Crippen LogP contribution >= 0.6 is 0 Å². The van der Waals surface area contributed by atoms with Gasteiger partial charge in [0.15, 0.2) is 0 Å². The van der Waals surface area contributed by atoms with Gasteiger partial charge in [-0.25, -0.2) is 0 Å². The molecule has 1 aromatic rings. The van der Waals surface area contributed by atoms with Crippen molar-refractivity contribution in [3.05, 3.63) is 35.4 Å². The number of hydrogen-bond acceptors (Lipinski definition) is 2. The smallest absolute Gasteiger partial charge is 0.227 e. The lowest BCUT2D eigenvalue weighted by atomic mass is 10.0. The molecule has 1 saturated heterocycles. The average Bonchev–Trinajstić information content (AvgIpc) is 2.41. The fourth-order valence-corrected chi connectivity index (χ4v) is 2.43. The van der Waals surface area contributed by atoms with Crippen molar-refractivity contribution in [3.63, 3.8) is 0 Å². The molecule has 1 N–H and O–H groups in total. The van der Waals surface area contributed by atoms with E-state index in [1.54, 1.807) is 0 Å². The molecule has 1 fully saturated rings. The maximum absolute atomic E-state index is 12.2. The Balaban J connectivity index is 1.93. The summed E-state index contributed by atoms with van der Waals surface area (Å²) in [6, 6.07) is 8.69. The van der Waals surface area contributed by atoms with Crippen LogP contribution in [0.5, 0.6) is 0 Å². The minimum absolute atomic E-state index is 0.249. The summed E-state index contributed by atoms with van der Waals surface area (Å²) in [4.78, 5) is 14.2. The molecule has 0 aromatic heterocycles. The SMILES string of the molecule is CN[C@H]1CCCN(C(=O)Cc2ccc(C)cc2)C1. The molecule has 1 atom stereocenters. The first-order valence-electron chi connectivity index (χ1n) is 6.69. The van der Waals surface area contributed by atoms with Crippen molar-refractivity contribution in [3.8, 4) is 0 Å². The molecule has 0 saturated carbocycles. The van der Waals surface area contributed by atoms with E-state index in [-0.39, 0.29) is 5.91 Å². The lowest BCUT2D eigenvalue weighted by Crippen LogP contribution is -2.47. The summed E-state index contributed by atoms with van der Waals surface area (Å²) in [5, 5.41) is 3.27. The Bertz CT molecular complexity index is 399. The van der Waals surface area contributed by atoms with E-state index in [2.05, 4.69) is 24.4 Å². The largest absolute Gasteiger partial charge is 0.341 e. The van der Waals surface area contributed by atoms with Crippen LogP contribution in [0.2, 0.25) is 0 Å². The first-order valence-corrected chi connectivity index (χ1v) is 6.69. The van der Waals surface area contributed by atoms with E-state index in [1.165, 1.54) is 12.0 Å². The van der Waals surface area contributed by atoms with Crippen molar-refractivity contribution < 1.29 is 4.79 Å². The minimum Gasteiger partial charge on any atom is -0.341 e. The molecule has 3 nitrogen and oxygen atoms in total. The first kappa shape index (κ1) is 13.1. The van der Waals surface area contributed by atoms with E-state index in [4.69, 9.17) is 0 Å². The van der Waals surface area contributed by atoms with Gasteiger partial charge in [-0.3, -0.25) is 4.79 Å². The number of likely N-dealkylation sites (tertiary alicyclic amines) is 1. The maximum atomic E-state index is 12.2. The molecule has 1 aliphatic rings. The third-order valence-electron chi connectivity index (χ3n) is 3.66. The van der Waals surface area contributed by atoms with Crippen LogP contribution in [0.3, 0.4) is 0 Å². The molecule has 98 valence electrons. The predicted molar refractivity (Wildman–Crippen MR) is 73.5 cm³/mol. The standard InChI is InChI=1S/C15H22N2O/c1-12-5-7-13(8-6-12)10-15(18)17-9-3-4-14(11-17)16-2/h5-8,14,16H,3-4,9-11H2,1-2H3/t14-/m0/s1. The second kappa shape index (κ2) is 6.01. The van der Waals surface area contributed by atoms with Gasteiger partial charge < -0.3 is 10.2 Å². The van der Waals surface area contributed by atoms with Crippen LogP contribution in [-0.4, -0.2) is 37.0 Å². The minimum atomic E-state index is 0.249. The number of rotatable bonds is 3. The van der Waals surface area contributed by atoms with Crippen LogP contribution in [0.15, 0.2) is 24.3 Å². The van der Waals surface area contributed by atoms with Crippen LogP contribution < -0.4 is 5.32 Å². The molecule has 1 aliphatic heterocycles. The van der Waals surface area contributed by atoms with Crippen LogP contribution in [0.25, 0.3) is 0 Å². The number of piperidine rings is 1. The molecule has 1 heterocycles. The van der Waals surface area contributed by atoms with Gasteiger partial charge in [0.25, 0.3) is 0 Å². The Morgan fingerprint density at radius 2 is 2.11 bits per heavy atom. The summed E-state index contributed by atoms with van der Waals surface area (Å²) in [6.45, 7) is 3.82. The quantitative estimate of drug-likeness (QED) is 0.881. The van der Waals surface area contributed by atoms with E-state index in [0.29, 0.717) is 12.5 Å². The molecule has 0 radical (unpaired) electrons. The summed E-state index contributed by atoms with van der Waals surface area (Å²) in [5.74, 6) is 0.249. The molecule has 0 unspecified atom stereocenters. The van der Waals surface area contributed by atoms with Gasteiger partial charge in [0.2, 0.25) is 5.91 Å². The van der Waals surface area contributed by atoms with E-state index < -0.39 is 0 Å². The topological polar surface area (TPSA) is 32.3 Å². The van der Waals surface area contributed by atoms with Crippen LogP contribution in [0.4, 0.5) is 0 Å². The second-order valence-electron chi connectivity index (χ2n) is 5.13. The maximum Gasteiger partial charge on any atom is 0.227 e. The van der Waals surface area contributed by atoms with Crippen molar-refractivity contribution in [1.82, 2.24) is 10.2 Å². The fraction of sp³-hybridized carbons (Fsp3) is 0.533. The Morgan fingerprint density at radius 3 is 2.78 bits per heavy atom. The van der Waals surface area contributed by atoms with Gasteiger partial charge in [-0.05, 0) is 32.4 Å². The highest BCUT2D eigenvalue weighted by molar-refractivity contribution is 5.78. The van der Waals surface area contributed by atoms with Crippen LogP contribution in [0.1, 0.15) is 24.0 Å². The first-order chi connectivity index (χ1) is 8.69. The Morgan fingerprint density at radius 1 is 1.39 bits per heavy atom. The second-order valence-corrected chi connectivity index (χ2v) is 5.13. The third-order valence-corrected chi connectivity index (χ3v) is 3.66. The van der Waals surface area contributed by atoms with Gasteiger partial charge >= 0.3 is 0 Å². The molecular formula is C15H22N2O. The lowest BCUT2D eigenvalue weighted by molar-refractivity contribution is -0.131. The number of nitrogens with one attached hydrogen (secondary N) is 1. The fourth-order valence-electron chi connectivity index (χ4n) is 2.43. The molecule has 3 heteroatoms. The molecule has 1 aromatic carbocycles. The number of carbonyl (C=O) groups excluding carboxylic acids is 1. The van der Waals surface area contributed by atoms with Gasteiger partial charge in [0.1, 0.15) is 0 Å². The summed E-state index contributed by atoms with van der Waals surface area (Å²) in [5.41, 5.74) is 2.34. The zero-order valence-corrected chi connectivity index (χ0v) is 11.3. The Labute approximate surface area is 109 Å². The van der Waals surface area contributed by atoms with Crippen LogP contribution in [0, 0.1) is 6.92 Å². The van der Waals surface area contributed by atoms with Crippen molar-refractivity contribution >= 4 is 5.91 Å². The zero-order valence-electron chi connectivity index (χ0n) is 11.3. The van der Waals surface area contributed by atoms with E-state index in [9.17, 15) is 4.79 Å². The average molecular weight is 246 g/mol. The number of amides is 1. The highest BCUT2D eigenvalue weighted by Crippen LogP contribution is 2.12. The zero-order chi connectivity index (χ0) is 13.0. The van der Waals surface area contributed by atoms with Crippen molar-refractivity contribution in [1.29, 1.82) is 0 Å². The molecule has 0 spiro atoms. The van der Waals surface area contributed by atoms with Crippen molar-refractivity contribution in [2.45, 2.75) is 32.2 Å². The van der Waals surface area contributed by atoms with E-state index >= 15 is 0 Å². The highest BCUT2D eigenvalue weighted by Gasteiger charge is 2.22. The monoisotopic (exact) mass is 246 g/mol. The summed E-state index contributed by atoms with van der Waals surface area (Å²) >= 11 is 0. The van der Waals surface area contributed by atoms with Gasteiger partial charge in [-0.2, -0.15) is 0 Å². The molecule has 2 rings (SSSR count). The number of hydrogen-bond donors (Lipinski definition) is 1. The van der Waals surface area contributed by atoms with Crippen molar-refractivity contribution in [2.24, 2.45) is 0 Å². The number of nitrogens with zero attached hydrogens (tertiary/aromatic N) is 1. The summed E-state index contributed by atoms with van der Waals surface area (Å²) < 4.78 is 0. The van der Waals surface area contributed by atoms with Crippen LogP contribution in [-0.2, 0) is 11.2 Å². The normalized spacial score (nSPS) is 19.9. The predicted octanol–water partition coefficient (Wildman–Crippen LogP) is 1.75. The van der Waals surface area contributed by atoms with Gasteiger partial charge in [0, 0.05) is 19.1 Å². The number of carbonyl (C=O) groups is 1. The van der Waals surface area contributed by atoms with E-state index in [1.807, 2.05) is 24.1 Å². The third kappa shape index (κ3) is 3.33. The van der Waals surface area contributed by atoms with E-state index in [0.717, 1.165) is 25.1 Å². The van der Waals surface area contributed by atoms with Gasteiger partial charge in [-0.1, -0.05) is 29.8 Å². The molecule has 18 heavy (non-hydrogen) atoms. The summed E-state index contributed by atoms with van der Waals surface area (Å²) in [7, 11) is 1.97. The number of likely N-dealkylation sites (N-methyl/N-ethyl adjacent to an activating group) is 1. The Hall–Kier alpha value is -1.35. The highest BCUT2D eigenvalue weighted by atomic mass is 16.2. The van der Waals surface area contributed by atoms with Gasteiger partial charge in [-0.15, -0.1) is 0 Å². The number of benzene rings is 1. The Kier molecular flexibility index (Phi) is 4.37. The van der Waals surface area contributed by atoms with Crippen molar-refractivity contribution in [2.75, 3.05) is 20.1 Å². The molecule has 0 bridgehead atoms. The molecule has 1 amide bonds. The number of aryl methyl sites for hydroxylation is 1. The lowest BCUT2D eigenvalue weighted by Gasteiger charge is -2.32. The molecular weight excluding hydrogens is 224 g/mol.